The Morgan fingerprint density at radius 1 is 0.976 bits per heavy atom. The van der Waals surface area contributed by atoms with Crippen molar-refractivity contribution in [1.29, 1.82) is 0 Å². The second-order valence-electron chi connectivity index (χ2n) is 9.60. The van der Waals surface area contributed by atoms with E-state index in [0.717, 1.165) is 0 Å². The van der Waals surface area contributed by atoms with Crippen molar-refractivity contribution in [2.45, 2.75) is 30.6 Å². The molecule has 0 aliphatic heterocycles. The number of nitrogens with zero attached hydrogens (tertiary/aromatic N) is 2. The number of nitrogens with one attached hydrogen (secondary N) is 3. The number of carbonyl (C=O) groups is 3. The summed E-state index contributed by atoms with van der Waals surface area (Å²) in [4.78, 5) is 44.8. The average molecular weight is 574 g/mol. The van der Waals surface area contributed by atoms with Crippen molar-refractivity contribution >= 4 is 62.0 Å². The maximum atomic E-state index is 13.5. The van der Waals surface area contributed by atoms with Crippen LogP contribution in [0.3, 0.4) is 0 Å². The van der Waals surface area contributed by atoms with Crippen LogP contribution in [0.15, 0.2) is 71.6 Å². The normalized spacial score (nSPS) is 15.2. The average Bonchev–Trinajstić information content (AvgIpc) is 2.97. The zero-order valence-electron chi connectivity index (χ0n) is 22.1. The number of hydrogen-bond donors (Lipinski definition) is 3. The standard InChI is InChI=1S/C29H27N5O6S/c1-40-23-13-18(17-35)12-21(15-23)30-27-28(33-26-11-3-2-10-25(26)32-27)34-41(38,39)24-9-5-7-20(16-24)31-29(37)19-6-4-8-22(36)14-19/h2-3,5,7,9-13,15-17,19H,4,6,8,14H2,1H3,(H,30,32)(H,31,37)(H,33,34). The Kier molecular flexibility index (Phi) is 7.92. The van der Waals surface area contributed by atoms with E-state index in [-0.39, 0.29) is 40.3 Å². The van der Waals surface area contributed by atoms with Crippen molar-refractivity contribution in [1.82, 2.24) is 9.97 Å². The van der Waals surface area contributed by atoms with Crippen LogP contribution in [0.25, 0.3) is 11.0 Å². The van der Waals surface area contributed by atoms with Gasteiger partial charge in [0.25, 0.3) is 10.0 Å². The molecule has 1 heterocycles. The SMILES string of the molecule is COc1cc(C=O)cc(Nc2nc3ccccc3nc2NS(=O)(=O)c2cccc(NC(=O)C3CCCC(=O)C3)c2)c1. The van der Waals surface area contributed by atoms with E-state index in [9.17, 15) is 22.8 Å². The van der Waals surface area contributed by atoms with Gasteiger partial charge in [-0.05, 0) is 55.3 Å². The van der Waals surface area contributed by atoms with Crippen LogP contribution < -0.4 is 20.1 Å². The number of anilines is 4. The molecular formula is C29H27N5O6S. The fourth-order valence-corrected chi connectivity index (χ4v) is 5.65. The molecule has 1 amide bonds. The Hall–Kier alpha value is -4.84. The molecule has 4 aromatic rings. The number of benzene rings is 3. The van der Waals surface area contributed by atoms with Gasteiger partial charge in [0.1, 0.15) is 17.8 Å². The first kappa shape index (κ1) is 27.7. The highest BCUT2D eigenvalue weighted by Gasteiger charge is 2.26. The molecule has 1 fully saturated rings. The largest absolute Gasteiger partial charge is 0.497 e. The number of ether oxygens (including phenoxy) is 1. The van der Waals surface area contributed by atoms with Crippen molar-refractivity contribution in [2.75, 3.05) is 22.5 Å². The minimum atomic E-state index is -4.19. The molecule has 0 radical (unpaired) electrons. The van der Waals surface area contributed by atoms with E-state index in [4.69, 9.17) is 4.74 Å². The molecule has 0 bridgehead atoms. The van der Waals surface area contributed by atoms with E-state index >= 15 is 0 Å². The molecule has 1 atom stereocenters. The molecule has 3 aromatic carbocycles. The molecule has 11 nitrogen and oxygen atoms in total. The predicted octanol–water partition coefficient (Wildman–Crippen LogP) is 4.69. The molecule has 5 rings (SSSR count). The second-order valence-corrected chi connectivity index (χ2v) is 11.3. The molecule has 210 valence electrons. The summed E-state index contributed by atoms with van der Waals surface area (Å²) in [7, 11) is -2.73. The summed E-state index contributed by atoms with van der Waals surface area (Å²) in [6, 6.07) is 17.6. The van der Waals surface area contributed by atoms with Gasteiger partial charge in [0, 0.05) is 41.8 Å². The van der Waals surface area contributed by atoms with Gasteiger partial charge < -0.3 is 15.4 Å². The molecular weight excluding hydrogens is 546 g/mol. The number of fused-ring (bicyclic) bond motifs is 1. The Bertz CT molecular complexity index is 1760. The lowest BCUT2D eigenvalue weighted by Gasteiger charge is -2.20. The van der Waals surface area contributed by atoms with Gasteiger partial charge >= 0.3 is 0 Å². The molecule has 1 aromatic heterocycles. The number of methoxy groups -OCH3 is 1. The lowest BCUT2D eigenvalue weighted by molar-refractivity contribution is -0.128. The monoisotopic (exact) mass is 573 g/mol. The maximum Gasteiger partial charge on any atom is 0.263 e. The number of hydrogen-bond acceptors (Lipinski definition) is 9. The van der Waals surface area contributed by atoms with Crippen molar-refractivity contribution in [3.63, 3.8) is 0 Å². The van der Waals surface area contributed by atoms with E-state index in [1.54, 1.807) is 48.5 Å². The van der Waals surface area contributed by atoms with E-state index < -0.39 is 15.9 Å². The number of amides is 1. The van der Waals surface area contributed by atoms with E-state index in [1.807, 2.05) is 0 Å². The Balaban J connectivity index is 1.45. The highest BCUT2D eigenvalue weighted by Crippen LogP contribution is 2.30. The number of rotatable bonds is 9. The van der Waals surface area contributed by atoms with Crippen LogP contribution in [0.5, 0.6) is 5.75 Å². The van der Waals surface area contributed by atoms with Gasteiger partial charge in [0.05, 0.1) is 23.0 Å². The Morgan fingerprint density at radius 3 is 2.44 bits per heavy atom. The van der Waals surface area contributed by atoms with Crippen LogP contribution >= 0.6 is 0 Å². The summed E-state index contributed by atoms with van der Waals surface area (Å²) in [6.45, 7) is 0. The first-order valence-electron chi connectivity index (χ1n) is 12.9. The number of ketones is 1. The molecule has 1 aliphatic carbocycles. The van der Waals surface area contributed by atoms with Crippen LogP contribution in [0.2, 0.25) is 0 Å². The fraction of sp³-hybridized carbons (Fsp3) is 0.207. The quantitative estimate of drug-likeness (QED) is 0.242. The van der Waals surface area contributed by atoms with Gasteiger partial charge in [-0.15, -0.1) is 0 Å². The van der Waals surface area contributed by atoms with E-state index in [0.29, 0.717) is 53.6 Å². The first-order chi connectivity index (χ1) is 19.7. The van der Waals surface area contributed by atoms with Gasteiger partial charge in [-0.25, -0.2) is 18.4 Å². The van der Waals surface area contributed by atoms with E-state index in [1.165, 1.54) is 25.3 Å². The topological polar surface area (TPSA) is 156 Å². The third-order valence-electron chi connectivity index (χ3n) is 6.63. The molecule has 3 N–H and O–H groups in total. The van der Waals surface area contributed by atoms with Crippen molar-refractivity contribution in [3.05, 3.63) is 72.3 Å². The van der Waals surface area contributed by atoms with Crippen LogP contribution in [-0.4, -0.2) is 43.5 Å². The number of aldehydes is 1. The summed E-state index contributed by atoms with van der Waals surface area (Å²) < 4.78 is 34.8. The maximum absolute atomic E-state index is 13.5. The zero-order chi connectivity index (χ0) is 29.0. The Labute approximate surface area is 236 Å². The minimum absolute atomic E-state index is 0.0502. The smallest absolute Gasteiger partial charge is 0.263 e. The molecule has 1 saturated carbocycles. The van der Waals surface area contributed by atoms with E-state index in [2.05, 4.69) is 25.3 Å². The molecule has 1 aliphatic rings. The summed E-state index contributed by atoms with van der Waals surface area (Å²) >= 11 is 0. The lowest BCUT2D eigenvalue weighted by atomic mass is 9.88. The van der Waals surface area contributed by atoms with Gasteiger partial charge in [-0.2, -0.15) is 0 Å². The molecule has 12 heteroatoms. The Morgan fingerprint density at radius 2 is 1.73 bits per heavy atom. The van der Waals surface area contributed by atoms with Gasteiger partial charge in [-0.3, -0.25) is 19.1 Å². The number of Topliss-reactive ketones (excluding diaryl/α,β-unsaturated/α-hetero) is 1. The van der Waals surface area contributed by atoms with Crippen molar-refractivity contribution < 1.29 is 27.5 Å². The number of para-hydroxylation sites is 2. The number of sulfonamides is 1. The highest BCUT2D eigenvalue weighted by atomic mass is 32.2. The fourth-order valence-electron chi connectivity index (χ4n) is 4.60. The van der Waals surface area contributed by atoms with Crippen molar-refractivity contribution in [3.8, 4) is 5.75 Å². The van der Waals surface area contributed by atoms with Crippen LogP contribution in [-0.2, 0) is 19.6 Å². The summed E-state index contributed by atoms with van der Waals surface area (Å²) in [6.07, 6.45) is 2.60. The number of aromatic nitrogens is 2. The lowest BCUT2D eigenvalue weighted by Crippen LogP contribution is -2.28. The molecule has 0 saturated heterocycles. The first-order valence-corrected chi connectivity index (χ1v) is 14.4. The third kappa shape index (κ3) is 6.49. The van der Waals surface area contributed by atoms with Gasteiger partial charge in [0.2, 0.25) is 5.91 Å². The third-order valence-corrected chi connectivity index (χ3v) is 7.97. The summed E-state index contributed by atoms with van der Waals surface area (Å²) in [5.41, 5.74) is 2.04. The van der Waals surface area contributed by atoms with Gasteiger partial charge in [0.15, 0.2) is 11.6 Å². The second kappa shape index (κ2) is 11.7. The summed E-state index contributed by atoms with van der Waals surface area (Å²) in [5, 5.41) is 5.78. The zero-order valence-corrected chi connectivity index (χ0v) is 22.9. The summed E-state index contributed by atoms with van der Waals surface area (Å²) in [5.74, 6) is -0.260. The minimum Gasteiger partial charge on any atom is -0.497 e. The highest BCUT2D eigenvalue weighted by molar-refractivity contribution is 7.92. The van der Waals surface area contributed by atoms with Crippen LogP contribution in [0.4, 0.5) is 23.0 Å². The number of carbonyl (C=O) groups excluding carboxylic acids is 3. The van der Waals surface area contributed by atoms with Crippen LogP contribution in [0.1, 0.15) is 36.0 Å². The molecule has 1 unspecified atom stereocenters. The van der Waals surface area contributed by atoms with Gasteiger partial charge in [-0.1, -0.05) is 18.2 Å². The van der Waals surface area contributed by atoms with Crippen LogP contribution in [0, 0.1) is 5.92 Å². The van der Waals surface area contributed by atoms with Crippen molar-refractivity contribution in [2.24, 2.45) is 5.92 Å². The molecule has 0 spiro atoms. The molecule has 41 heavy (non-hydrogen) atoms. The predicted molar refractivity (Wildman–Crippen MR) is 154 cm³/mol.